The van der Waals surface area contributed by atoms with E-state index in [0.717, 1.165) is 16.5 Å². The van der Waals surface area contributed by atoms with Crippen LogP contribution in [0.1, 0.15) is 46.0 Å². The molecule has 2 N–H and O–H groups in total. The van der Waals surface area contributed by atoms with E-state index in [2.05, 4.69) is 15.6 Å². The average Bonchev–Trinajstić information content (AvgIpc) is 3.22. The number of carbonyl (C=O) groups is 2. The SMILES string of the molecule is Cc1cc(C(=O)Nc2ccccc2C(=O)NC(C)C)c(C)n1-c1nccs1. The molecule has 3 aromatic rings. The second-order valence-corrected chi connectivity index (χ2v) is 7.44. The lowest BCUT2D eigenvalue weighted by molar-refractivity contribution is 0.0944. The number of rotatable bonds is 5. The molecule has 0 saturated carbocycles. The van der Waals surface area contributed by atoms with Gasteiger partial charge in [0, 0.05) is 29.0 Å². The van der Waals surface area contributed by atoms with Crippen LogP contribution in [0.25, 0.3) is 5.13 Å². The third-order valence-electron chi connectivity index (χ3n) is 4.13. The molecule has 0 aliphatic carbocycles. The number of benzene rings is 1. The molecule has 0 saturated heterocycles. The minimum atomic E-state index is -0.254. The molecule has 0 aliphatic heterocycles. The summed E-state index contributed by atoms with van der Waals surface area (Å²) in [5.41, 5.74) is 3.22. The van der Waals surface area contributed by atoms with Crippen molar-refractivity contribution in [2.24, 2.45) is 0 Å². The summed E-state index contributed by atoms with van der Waals surface area (Å²) in [6.07, 6.45) is 1.74. The molecule has 0 bridgehead atoms. The van der Waals surface area contributed by atoms with E-state index >= 15 is 0 Å². The fraction of sp³-hybridized carbons (Fsp3) is 0.250. The van der Waals surface area contributed by atoms with Gasteiger partial charge in [0.2, 0.25) is 0 Å². The highest BCUT2D eigenvalue weighted by Crippen LogP contribution is 2.24. The van der Waals surface area contributed by atoms with Crippen LogP contribution in [0.4, 0.5) is 5.69 Å². The largest absolute Gasteiger partial charge is 0.350 e. The topological polar surface area (TPSA) is 76.0 Å². The van der Waals surface area contributed by atoms with Gasteiger partial charge in [-0.1, -0.05) is 12.1 Å². The molecule has 2 aromatic heterocycles. The Balaban J connectivity index is 1.89. The summed E-state index contributed by atoms with van der Waals surface area (Å²) < 4.78 is 1.96. The Morgan fingerprint density at radius 1 is 1.11 bits per heavy atom. The summed E-state index contributed by atoms with van der Waals surface area (Å²) in [4.78, 5) is 29.6. The number of amides is 2. The predicted molar refractivity (Wildman–Crippen MR) is 108 cm³/mol. The fourth-order valence-electron chi connectivity index (χ4n) is 2.93. The van der Waals surface area contributed by atoms with E-state index in [-0.39, 0.29) is 17.9 Å². The minimum Gasteiger partial charge on any atom is -0.350 e. The number of carbonyl (C=O) groups excluding carboxylic acids is 2. The van der Waals surface area contributed by atoms with Crippen molar-refractivity contribution >= 4 is 28.8 Å². The summed E-state index contributed by atoms with van der Waals surface area (Å²) in [6.45, 7) is 7.62. The first-order chi connectivity index (χ1) is 12.9. The summed E-state index contributed by atoms with van der Waals surface area (Å²) in [5, 5.41) is 8.45. The molecule has 3 rings (SSSR count). The van der Waals surface area contributed by atoms with Crippen molar-refractivity contribution in [2.75, 3.05) is 5.32 Å². The van der Waals surface area contributed by atoms with Gasteiger partial charge in [-0.2, -0.15) is 0 Å². The predicted octanol–water partition coefficient (Wildman–Crippen LogP) is 3.94. The lowest BCUT2D eigenvalue weighted by Gasteiger charge is -2.13. The maximum absolute atomic E-state index is 12.9. The highest BCUT2D eigenvalue weighted by atomic mass is 32.1. The van der Waals surface area contributed by atoms with Gasteiger partial charge < -0.3 is 10.6 Å². The van der Waals surface area contributed by atoms with Crippen LogP contribution in [0.2, 0.25) is 0 Å². The summed E-state index contributed by atoms with van der Waals surface area (Å²) in [7, 11) is 0. The molecular weight excluding hydrogens is 360 g/mol. The number of aromatic nitrogens is 2. The lowest BCUT2D eigenvalue weighted by atomic mass is 10.1. The van der Waals surface area contributed by atoms with Crippen LogP contribution >= 0.6 is 11.3 Å². The third kappa shape index (κ3) is 3.93. The van der Waals surface area contributed by atoms with Crippen LogP contribution in [0.15, 0.2) is 41.9 Å². The first-order valence-electron chi connectivity index (χ1n) is 8.68. The van der Waals surface area contributed by atoms with E-state index in [0.29, 0.717) is 16.8 Å². The zero-order valence-electron chi connectivity index (χ0n) is 15.7. The number of hydrogen-bond donors (Lipinski definition) is 2. The van der Waals surface area contributed by atoms with Gasteiger partial charge in [0.1, 0.15) is 0 Å². The second kappa shape index (κ2) is 7.75. The Bertz CT molecular complexity index is 974. The van der Waals surface area contributed by atoms with Gasteiger partial charge in [0.05, 0.1) is 16.8 Å². The molecule has 0 radical (unpaired) electrons. The number of para-hydroxylation sites is 1. The Hall–Kier alpha value is -2.93. The maximum atomic E-state index is 12.9. The number of thiazole rings is 1. The van der Waals surface area contributed by atoms with E-state index < -0.39 is 0 Å². The van der Waals surface area contributed by atoms with Crippen molar-refractivity contribution in [3.05, 3.63) is 64.4 Å². The Labute approximate surface area is 162 Å². The molecule has 1 aromatic carbocycles. The zero-order valence-corrected chi connectivity index (χ0v) is 16.6. The first kappa shape index (κ1) is 18.8. The molecule has 27 heavy (non-hydrogen) atoms. The summed E-state index contributed by atoms with van der Waals surface area (Å²) in [6, 6.07) is 8.85. The van der Waals surface area contributed by atoms with E-state index in [1.54, 1.807) is 30.5 Å². The van der Waals surface area contributed by atoms with E-state index in [1.807, 2.05) is 43.7 Å². The molecule has 0 spiro atoms. The van der Waals surface area contributed by atoms with Crippen LogP contribution in [0.5, 0.6) is 0 Å². The Morgan fingerprint density at radius 3 is 2.52 bits per heavy atom. The molecule has 0 aliphatic rings. The molecule has 2 amide bonds. The zero-order chi connectivity index (χ0) is 19.6. The number of anilines is 1. The van der Waals surface area contributed by atoms with Gasteiger partial charge in [-0.25, -0.2) is 4.98 Å². The van der Waals surface area contributed by atoms with Gasteiger partial charge in [-0.05, 0) is 45.9 Å². The molecule has 0 atom stereocenters. The molecule has 7 heteroatoms. The van der Waals surface area contributed by atoms with Crippen LogP contribution < -0.4 is 10.6 Å². The highest BCUT2D eigenvalue weighted by molar-refractivity contribution is 7.12. The normalized spacial score (nSPS) is 10.9. The van der Waals surface area contributed by atoms with Crippen molar-refractivity contribution in [1.29, 1.82) is 0 Å². The lowest BCUT2D eigenvalue weighted by Crippen LogP contribution is -2.31. The molecule has 140 valence electrons. The monoisotopic (exact) mass is 382 g/mol. The smallest absolute Gasteiger partial charge is 0.257 e. The number of hydrogen-bond acceptors (Lipinski definition) is 4. The fourth-order valence-corrected chi connectivity index (χ4v) is 3.68. The summed E-state index contributed by atoms with van der Waals surface area (Å²) >= 11 is 1.51. The Kier molecular flexibility index (Phi) is 5.41. The maximum Gasteiger partial charge on any atom is 0.257 e. The number of aryl methyl sites for hydroxylation is 1. The summed E-state index contributed by atoms with van der Waals surface area (Å²) in [5.74, 6) is -0.468. The van der Waals surface area contributed by atoms with Gasteiger partial charge in [0.15, 0.2) is 5.13 Å². The van der Waals surface area contributed by atoms with Crippen LogP contribution in [-0.2, 0) is 0 Å². The molecular formula is C20H22N4O2S. The molecule has 0 fully saturated rings. The standard InChI is InChI=1S/C20H22N4O2S/c1-12(2)22-18(25)15-7-5-6-8-17(15)23-19(26)16-11-13(3)24(14(16)4)20-21-9-10-27-20/h5-12H,1-4H3,(H,22,25)(H,23,26). The van der Waals surface area contributed by atoms with Crippen LogP contribution in [-0.4, -0.2) is 27.4 Å². The van der Waals surface area contributed by atoms with Crippen LogP contribution in [0.3, 0.4) is 0 Å². The quantitative estimate of drug-likeness (QED) is 0.702. The van der Waals surface area contributed by atoms with Crippen molar-refractivity contribution < 1.29 is 9.59 Å². The van der Waals surface area contributed by atoms with Gasteiger partial charge in [-0.15, -0.1) is 11.3 Å². The van der Waals surface area contributed by atoms with Crippen molar-refractivity contribution in [3.63, 3.8) is 0 Å². The second-order valence-electron chi connectivity index (χ2n) is 6.56. The highest BCUT2D eigenvalue weighted by Gasteiger charge is 2.20. The first-order valence-corrected chi connectivity index (χ1v) is 9.56. The van der Waals surface area contributed by atoms with Gasteiger partial charge >= 0.3 is 0 Å². The van der Waals surface area contributed by atoms with E-state index in [1.165, 1.54) is 11.3 Å². The third-order valence-corrected chi connectivity index (χ3v) is 4.88. The molecule has 6 nitrogen and oxygen atoms in total. The van der Waals surface area contributed by atoms with E-state index in [9.17, 15) is 9.59 Å². The van der Waals surface area contributed by atoms with Crippen LogP contribution in [0, 0.1) is 13.8 Å². The van der Waals surface area contributed by atoms with E-state index in [4.69, 9.17) is 0 Å². The van der Waals surface area contributed by atoms with Crippen molar-refractivity contribution in [1.82, 2.24) is 14.9 Å². The average molecular weight is 382 g/mol. The molecule has 2 heterocycles. The molecule has 0 unspecified atom stereocenters. The Morgan fingerprint density at radius 2 is 1.85 bits per heavy atom. The van der Waals surface area contributed by atoms with Crippen molar-refractivity contribution in [2.45, 2.75) is 33.7 Å². The van der Waals surface area contributed by atoms with Gasteiger partial charge in [0.25, 0.3) is 11.8 Å². The van der Waals surface area contributed by atoms with Gasteiger partial charge in [-0.3, -0.25) is 14.2 Å². The minimum absolute atomic E-state index is 0.0125. The number of nitrogens with zero attached hydrogens (tertiary/aromatic N) is 2. The number of nitrogens with one attached hydrogen (secondary N) is 2. The van der Waals surface area contributed by atoms with Crippen molar-refractivity contribution in [3.8, 4) is 5.13 Å².